The van der Waals surface area contributed by atoms with Gasteiger partial charge < -0.3 is 0 Å². The molecule has 0 saturated heterocycles. The van der Waals surface area contributed by atoms with Gasteiger partial charge in [0.05, 0.1) is 0 Å². The zero-order valence-electron chi connectivity index (χ0n) is 13.4. The van der Waals surface area contributed by atoms with E-state index in [9.17, 15) is 0 Å². The number of rotatable bonds is 1. The van der Waals surface area contributed by atoms with Crippen molar-refractivity contribution >= 4 is 0 Å². The van der Waals surface area contributed by atoms with E-state index in [1.807, 2.05) is 12.1 Å². The first-order valence-electron chi connectivity index (χ1n) is 8.23. The molecule has 0 amide bonds. The second kappa shape index (κ2) is 6.55. The van der Waals surface area contributed by atoms with Gasteiger partial charge in [-0.2, -0.15) is 0 Å². The average molecular weight is 306 g/mol. The lowest BCUT2D eigenvalue weighted by molar-refractivity contribution is 1.29. The van der Waals surface area contributed by atoms with Gasteiger partial charge in [-0.3, -0.25) is 0 Å². The molecule has 0 unspecified atom stereocenters. The Morgan fingerprint density at radius 3 is 0.792 bits per heavy atom. The molecule has 0 aromatic heterocycles. The zero-order valence-corrected chi connectivity index (χ0v) is 13.4. The first-order chi connectivity index (χ1) is 11.9. The van der Waals surface area contributed by atoms with Gasteiger partial charge in [-0.05, 0) is 32.0 Å². The van der Waals surface area contributed by atoms with Crippen molar-refractivity contribution in [3.8, 4) is 11.1 Å². The summed E-state index contributed by atoms with van der Waals surface area (Å²) in [7, 11) is 0. The molecule has 5 rings (SSSR count). The van der Waals surface area contributed by atoms with Gasteiger partial charge in [0.1, 0.15) is 0 Å². The first kappa shape index (κ1) is 14.5. The number of hydrogen-bond acceptors (Lipinski definition) is 0. The third-order valence-corrected chi connectivity index (χ3v) is 4.32. The molecule has 0 spiro atoms. The highest BCUT2D eigenvalue weighted by atomic mass is 14.0. The van der Waals surface area contributed by atoms with E-state index in [1.165, 1.54) is 32.0 Å². The summed E-state index contributed by atoms with van der Waals surface area (Å²) in [6.07, 6.45) is 0. The molecule has 114 valence electrons. The van der Waals surface area contributed by atoms with Crippen LogP contribution in [0.1, 0.15) is 0 Å². The van der Waals surface area contributed by atoms with Gasteiger partial charge in [-0.15, -0.1) is 0 Å². The Labute approximate surface area is 141 Å². The molecule has 0 heteroatoms. The molecule has 0 fully saturated rings. The van der Waals surface area contributed by atoms with Gasteiger partial charge in [-0.25, -0.2) is 0 Å². The molecule has 0 aliphatic heterocycles. The zero-order chi connectivity index (χ0) is 16.2. The van der Waals surface area contributed by atoms with Crippen molar-refractivity contribution in [1.29, 1.82) is 0 Å². The lowest BCUT2D eigenvalue weighted by Crippen LogP contribution is -1.88. The fraction of sp³-hybridized carbons (Fsp3) is 0. The van der Waals surface area contributed by atoms with Crippen LogP contribution in [0.5, 0.6) is 0 Å². The molecule has 1 aliphatic carbocycles. The summed E-state index contributed by atoms with van der Waals surface area (Å²) in [5.41, 5.74) is 2.55. The molecule has 0 radical (unpaired) electrons. The van der Waals surface area contributed by atoms with E-state index in [-0.39, 0.29) is 0 Å². The highest BCUT2D eigenvalue weighted by Gasteiger charge is 1.98. The molecule has 24 heavy (non-hydrogen) atoms. The van der Waals surface area contributed by atoms with E-state index >= 15 is 0 Å². The van der Waals surface area contributed by atoms with E-state index in [0.29, 0.717) is 0 Å². The SMILES string of the molecule is c1ccc(-c2ccccc2)cc1.c1ccc2c(c1)=c1ccccc1=2. The summed E-state index contributed by atoms with van der Waals surface area (Å²) in [5, 5.41) is 5.59. The van der Waals surface area contributed by atoms with E-state index in [0.717, 1.165) is 0 Å². The summed E-state index contributed by atoms with van der Waals surface area (Å²) in [5.74, 6) is 0. The van der Waals surface area contributed by atoms with Crippen molar-refractivity contribution < 1.29 is 0 Å². The minimum atomic E-state index is 1.28. The van der Waals surface area contributed by atoms with Crippen LogP contribution < -0.4 is 0 Å². The van der Waals surface area contributed by atoms with Crippen LogP contribution in [0.3, 0.4) is 0 Å². The highest BCUT2D eigenvalue weighted by molar-refractivity contribution is 5.62. The first-order valence-corrected chi connectivity index (χ1v) is 8.23. The maximum atomic E-state index is 2.18. The van der Waals surface area contributed by atoms with E-state index in [2.05, 4.69) is 97.1 Å². The highest BCUT2D eigenvalue weighted by Crippen LogP contribution is 2.17. The largest absolute Gasteiger partial charge is 0.0622 e. The minimum absolute atomic E-state index is 1.28. The van der Waals surface area contributed by atoms with Gasteiger partial charge in [0.2, 0.25) is 0 Å². The standard InChI is InChI=1S/C12H8.C12H10/c1-2-6-10-9(5-1)11-7-3-4-8-12(10)11;1-3-7-11(8-4-1)12-9-5-2-6-10-12/h1-8H;1-10H. The normalized spacial score (nSPS) is 10.5. The third kappa shape index (κ3) is 2.75. The van der Waals surface area contributed by atoms with Gasteiger partial charge in [0.15, 0.2) is 0 Å². The summed E-state index contributed by atoms with van der Waals surface area (Å²) in [4.78, 5) is 0. The molecular weight excluding hydrogens is 288 g/mol. The van der Waals surface area contributed by atoms with Crippen LogP contribution in [-0.4, -0.2) is 0 Å². The fourth-order valence-corrected chi connectivity index (χ4v) is 3.10. The minimum Gasteiger partial charge on any atom is -0.0622 e. The van der Waals surface area contributed by atoms with Crippen molar-refractivity contribution in [1.82, 2.24) is 0 Å². The number of hydrogen-bond donors (Lipinski definition) is 0. The molecule has 0 nitrogen and oxygen atoms in total. The van der Waals surface area contributed by atoms with Crippen molar-refractivity contribution in [2.45, 2.75) is 0 Å². The van der Waals surface area contributed by atoms with Crippen LogP contribution >= 0.6 is 0 Å². The number of fused-ring (bicyclic) bond motifs is 2. The van der Waals surface area contributed by atoms with E-state index in [1.54, 1.807) is 0 Å². The maximum Gasteiger partial charge on any atom is -0.00990 e. The second-order valence-electron chi connectivity index (χ2n) is 5.82. The molecule has 0 saturated carbocycles. The molecule has 0 N–H and O–H groups in total. The van der Waals surface area contributed by atoms with Crippen molar-refractivity contribution in [2.75, 3.05) is 0 Å². The van der Waals surface area contributed by atoms with Crippen molar-refractivity contribution in [3.63, 3.8) is 0 Å². The average Bonchev–Trinajstić information content (AvgIpc) is 2.68. The molecular formula is C24H18. The van der Waals surface area contributed by atoms with Crippen LogP contribution in [0, 0.1) is 20.9 Å². The molecule has 0 bridgehead atoms. The van der Waals surface area contributed by atoms with Gasteiger partial charge >= 0.3 is 0 Å². The van der Waals surface area contributed by atoms with Gasteiger partial charge in [-0.1, -0.05) is 109 Å². The topological polar surface area (TPSA) is 0 Å². The Morgan fingerprint density at radius 1 is 0.250 bits per heavy atom. The third-order valence-electron chi connectivity index (χ3n) is 4.32. The lowest BCUT2D eigenvalue weighted by atomic mass is 10.0. The quantitative estimate of drug-likeness (QED) is 0.360. The van der Waals surface area contributed by atoms with Crippen LogP contribution in [0.2, 0.25) is 0 Å². The second-order valence-corrected chi connectivity index (χ2v) is 5.82. The molecule has 4 aromatic carbocycles. The van der Waals surface area contributed by atoms with Gasteiger partial charge in [0, 0.05) is 0 Å². The predicted molar refractivity (Wildman–Crippen MR) is 100 cm³/mol. The molecule has 0 heterocycles. The monoisotopic (exact) mass is 306 g/mol. The number of benzene rings is 4. The summed E-state index contributed by atoms with van der Waals surface area (Å²) < 4.78 is 0. The molecule has 4 aromatic rings. The fourth-order valence-electron chi connectivity index (χ4n) is 3.10. The lowest BCUT2D eigenvalue weighted by Gasteiger charge is -2.02. The summed E-state index contributed by atoms with van der Waals surface area (Å²) in [6.45, 7) is 0. The smallest absolute Gasteiger partial charge is 0.00990 e. The molecule has 0 atom stereocenters. The maximum absolute atomic E-state index is 2.18. The van der Waals surface area contributed by atoms with E-state index < -0.39 is 0 Å². The van der Waals surface area contributed by atoms with Crippen LogP contribution in [0.25, 0.3) is 11.1 Å². The van der Waals surface area contributed by atoms with Crippen LogP contribution in [0.4, 0.5) is 0 Å². The Bertz CT molecular complexity index is 956. The van der Waals surface area contributed by atoms with Crippen LogP contribution in [0.15, 0.2) is 109 Å². The summed E-state index contributed by atoms with van der Waals surface area (Å²) >= 11 is 0. The summed E-state index contributed by atoms with van der Waals surface area (Å²) in [6, 6.07) is 37.9. The Balaban J connectivity index is 0.000000121. The van der Waals surface area contributed by atoms with Crippen molar-refractivity contribution in [2.24, 2.45) is 0 Å². The van der Waals surface area contributed by atoms with Gasteiger partial charge in [0.25, 0.3) is 0 Å². The predicted octanol–water partition coefficient (Wildman–Crippen LogP) is 5.93. The Kier molecular flexibility index (Phi) is 3.95. The van der Waals surface area contributed by atoms with Crippen LogP contribution in [-0.2, 0) is 0 Å². The Hall–Kier alpha value is -3.12. The van der Waals surface area contributed by atoms with Crippen molar-refractivity contribution in [3.05, 3.63) is 130 Å². The van der Waals surface area contributed by atoms with E-state index in [4.69, 9.17) is 0 Å². The Morgan fingerprint density at radius 2 is 0.500 bits per heavy atom. The molecule has 1 aliphatic rings.